The third-order valence-corrected chi connectivity index (χ3v) is 20.9. The number of aliphatic hydroxyl groups is 1. The first-order valence-corrected chi connectivity index (χ1v) is 45.0. The molecular formula is C81H158O17P2. The molecule has 0 bridgehead atoms. The summed E-state index contributed by atoms with van der Waals surface area (Å²) < 4.78 is 68.7. The summed E-state index contributed by atoms with van der Waals surface area (Å²) in [5.41, 5.74) is 0. The van der Waals surface area contributed by atoms with Gasteiger partial charge in [0.25, 0.3) is 0 Å². The molecule has 0 radical (unpaired) electrons. The van der Waals surface area contributed by atoms with E-state index in [-0.39, 0.29) is 25.7 Å². The SMILES string of the molecule is CCCCCCCCCCCCCCCCCCCC(=O)OC[C@H](COP(=O)(O)OC[C@@H](O)COP(=O)(O)OC[C@@H](COC(=O)CCCCCCCCCCC)OC(=O)CCCCCCCCCCCCC(C)C)OC(=O)CCCCCCCCCCCCCCCCCCCCC(C)C. The molecule has 0 aromatic rings. The molecule has 0 fully saturated rings. The fraction of sp³-hybridized carbons (Fsp3) is 0.951. The molecule has 594 valence electrons. The van der Waals surface area contributed by atoms with Gasteiger partial charge in [0.1, 0.15) is 19.3 Å². The van der Waals surface area contributed by atoms with Gasteiger partial charge in [0.15, 0.2) is 12.2 Å². The van der Waals surface area contributed by atoms with Gasteiger partial charge in [0.05, 0.1) is 26.4 Å². The lowest BCUT2D eigenvalue weighted by molar-refractivity contribution is -0.161. The van der Waals surface area contributed by atoms with Gasteiger partial charge in [-0.3, -0.25) is 37.3 Å². The van der Waals surface area contributed by atoms with Crippen LogP contribution in [0, 0.1) is 11.8 Å². The van der Waals surface area contributed by atoms with Crippen LogP contribution >= 0.6 is 15.6 Å². The normalized spacial score (nSPS) is 13.9. The number of hydrogen-bond donors (Lipinski definition) is 3. The molecule has 0 amide bonds. The Balaban J connectivity index is 5.20. The van der Waals surface area contributed by atoms with Gasteiger partial charge in [-0.25, -0.2) is 9.13 Å². The summed E-state index contributed by atoms with van der Waals surface area (Å²) in [4.78, 5) is 72.9. The largest absolute Gasteiger partial charge is 0.472 e. The summed E-state index contributed by atoms with van der Waals surface area (Å²) in [7, 11) is -9.92. The van der Waals surface area contributed by atoms with E-state index in [1.54, 1.807) is 0 Å². The van der Waals surface area contributed by atoms with E-state index in [0.29, 0.717) is 25.7 Å². The highest BCUT2D eigenvalue weighted by Gasteiger charge is 2.30. The molecule has 0 heterocycles. The number of ether oxygens (including phenoxy) is 4. The third kappa shape index (κ3) is 74.3. The fourth-order valence-electron chi connectivity index (χ4n) is 12.5. The van der Waals surface area contributed by atoms with Crippen molar-refractivity contribution in [2.75, 3.05) is 39.6 Å². The van der Waals surface area contributed by atoms with Crippen LogP contribution in [0.15, 0.2) is 0 Å². The Morgan fingerprint density at radius 3 is 0.680 bits per heavy atom. The molecular weight excluding hydrogens is 1310 g/mol. The minimum atomic E-state index is -4.96. The first-order valence-electron chi connectivity index (χ1n) is 42.0. The average molecular weight is 1470 g/mol. The summed E-state index contributed by atoms with van der Waals surface area (Å²) in [5.74, 6) is -0.537. The summed E-state index contributed by atoms with van der Waals surface area (Å²) in [6, 6.07) is 0. The van der Waals surface area contributed by atoms with Crippen molar-refractivity contribution in [3.05, 3.63) is 0 Å². The first kappa shape index (κ1) is 98.1. The van der Waals surface area contributed by atoms with Crippen molar-refractivity contribution < 1.29 is 80.2 Å². The lowest BCUT2D eigenvalue weighted by Gasteiger charge is -2.21. The molecule has 0 spiro atoms. The molecule has 0 aromatic carbocycles. The number of carbonyl (C=O) groups is 4. The highest BCUT2D eigenvalue weighted by molar-refractivity contribution is 7.47. The van der Waals surface area contributed by atoms with Crippen LogP contribution in [-0.4, -0.2) is 96.7 Å². The molecule has 0 aliphatic carbocycles. The summed E-state index contributed by atoms with van der Waals surface area (Å²) in [5, 5.41) is 10.6. The van der Waals surface area contributed by atoms with Crippen LogP contribution < -0.4 is 0 Å². The number of hydrogen-bond acceptors (Lipinski definition) is 15. The number of aliphatic hydroxyl groups excluding tert-OH is 1. The Labute approximate surface area is 613 Å². The van der Waals surface area contributed by atoms with Crippen LogP contribution in [0.1, 0.15) is 427 Å². The molecule has 0 rings (SSSR count). The molecule has 0 aromatic heterocycles. The predicted octanol–water partition coefficient (Wildman–Crippen LogP) is 24.3. The first-order chi connectivity index (χ1) is 48.4. The van der Waals surface area contributed by atoms with Crippen molar-refractivity contribution >= 4 is 39.5 Å². The summed E-state index contributed by atoms with van der Waals surface area (Å²) >= 11 is 0. The second kappa shape index (κ2) is 72.6. The number of rotatable bonds is 80. The maximum Gasteiger partial charge on any atom is 0.472 e. The highest BCUT2D eigenvalue weighted by atomic mass is 31.2. The number of carbonyl (C=O) groups excluding carboxylic acids is 4. The van der Waals surface area contributed by atoms with Crippen LogP contribution in [0.2, 0.25) is 0 Å². The van der Waals surface area contributed by atoms with Gasteiger partial charge in [-0.1, -0.05) is 375 Å². The van der Waals surface area contributed by atoms with E-state index in [4.69, 9.17) is 37.0 Å². The average Bonchev–Trinajstić information content (AvgIpc) is 0.969. The van der Waals surface area contributed by atoms with E-state index in [0.717, 1.165) is 102 Å². The fourth-order valence-corrected chi connectivity index (χ4v) is 14.1. The van der Waals surface area contributed by atoms with Crippen molar-refractivity contribution in [3.63, 3.8) is 0 Å². The molecule has 5 atom stereocenters. The van der Waals surface area contributed by atoms with Gasteiger partial charge >= 0.3 is 39.5 Å². The Morgan fingerprint density at radius 2 is 0.460 bits per heavy atom. The molecule has 0 aliphatic heterocycles. The van der Waals surface area contributed by atoms with E-state index < -0.39 is 97.5 Å². The van der Waals surface area contributed by atoms with E-state index in [1.807, 2.05) is 0 Å². The molecule has 3 N–H and O–H groups in total. The van der Waals surface area contributed by atoms with Gasteiger partial charge in [-0.15, -0.1) is 0 Å². The Morgan fingerprint density at radius 1 is 0.270 bits per heavy atom. The minimum absolute atomic E-state index is 0.106. The molecule has 19 heteroatoms. The van der Waals surface area contributed by atoms with Crippen LogP contribution in [0.3, 0.4) is 0 Å². The molecule has 2 unspecified atom stereocenters. The second-order valence-electron chi connectivity index (χ2n) is 30.1. The lowest BCUT2D eigenvalue weighted by atomic mass is 10.0. The standard InChI is InChI=1S/C81H158O17P2/c1-7-9-11-13-15-17-18-19-20-23-27-30-33-40-46-52-58-64-79(84)92-70-77(97-80(85)65-59-53-47-41-34-31-28-25-22-21-24-26-29-32-38-43-49-55-61-73(3)4)72-96-100(89,90)94-68-75(82)67-93-99(87,88)95-71-76(69-91-78(83)63-57-51-45-37-16-14-12-10-8-2)98-81(86)66-60-54-48-42-36-35-39-44-50-56-62-74(5)6/h73-77,82H,7-72H2,1-6H3,(H,87,88)(H,89,90)/t75-,76+,77+/m0/s1. The van der Waals surface area contributed by atoms with Crippen molar-refractivity contribution in [1.82, 2.24) is 0 Å². The van der Waals surface area contributed by atoms with E-state index in [1.165, 1.54) is 244 Å². The Hall–Kier alpha value is -1.94. The van der Waals surface area contributed by atoms with E-state index in [9.17, 15) is 43.2 Å². The lowest BCUT2D eigenvalue weighted by Crippen LogP contribution is -2.30. The van der Waals surface area contributed by atoms with Crippen LogP contribution in [0.4, 0.5) is 0 Å². The van der Waals surface area contributed by atoms with Gasteiger partial charge < -0.3 is 33.8 Å². The van der Waals surface area contributed by atoms with Crippen LogP contribution in [-0.2, 0) is 65.4 Å². The minimum Gasteiger partial charge on any atom is -0.462 e. The molecule has 0 saturated carbocycles. The van der Waals surface area contributed by atoms with E-state index >= 15 is 0 Å². The van der Waals surface area contributed by atoms with Crippen molar-refractivity contribution in [2.45, 2.75) is 445 Å². The zero-order valence-corrected chi connectivity index (χ0v) is 67.3. The quantitative estimate of drug-likeness (QED) is 0.0222. The molecule has 17 nitrogen and oxygen atoms in total. The molecule has 0 aliphatic rings. The van der Waals surface area contributed by atoms with E-state index in [2.05, 4.69) is 41.5 Å². The highest BCUT2D eigenvalue weighted by Crippen LogP contribution is 2.45. The molecule has 100 heavy (non-hydrogen) atoms. The van der Waals surface area contributed by atoms with Gasteiger partial charge in [-0.05, 0) is 37.5 Å². The maximum absolute atomic E-state index is 13.1. The number of esters is 4. The van der Waals surface area contributed by atoms with Crippen LogP contribution in [0.25, 0.3) is 0 Å². The van der Waals surface area contributed by atoms with Crippen molar-refractivity contribution in [2.24, 2.45) is 11.8 Å². The number of phosphoric ester groups is 2. The van der Waals surface area contributed by atoms with Gasteiger partial charge in [-0.2, -0.15) is 0 Å². The smallest absolute Gasteiger partial charge is 0.462 e. The topological polar surface area (TPSA) is 237 Å². The Kier molecular flexibility index (Phi) is 71.2. The zero-order chi connectivity index (χ0) is 73.5. The van der Waals surface area contributed by atoms with Crippen molar-refractivity contribution in [3.8, 4) is 0 Å². The zero-order valence-electron chi connectivity index (χ0n) is 65.5. The maximum atomic E-state index is 13.1. The predicted molar refractivity (Wildman–Crippen MR) is 409 cm³/mol. The summed E-state index contributed by atoms with van der Waals surface area (Å²) in [6.45, 7) is 9.64. The number of phosphoric acid groups is 2. The Bertz CT molecular complexity index is 1920. The van der Waals surface area contributed by atoms with Crippen LogP contribution in [0.5, 0.6) is 0 Å². The van der Waals surface area contributed by atoms with Crippen molar-refractivity contribution in [1.29, 1.82) is 0 Å². The van der Waals surface area contributed by atoms with Gasteiger partial charge in [0.2, 0.25) is 0 Å². The summed E-state index contributed by atoms with van der Waals surface area (Å²) in [6.07, 6.45) is 62.5. The monoisotopic (exact) mass is 1470 g/mol. The number of unbranched alkanes of at least 4 members (excludes halogenated alkanes) is 50. The third-order valence-electron chi connectivity index (χ3n) is 19.0. The molecule has 0 saturated heterocycles. The second-order valence-corrected chi connectivity index (χ2v) is 33.0. The van der Waals surface area contributed by atoms with Gasteiger partial charge in [0, 0.05) is 25.7 Å².